The molecule has 2 aliphatic rings. The molecule has 1 aliphatic heterocycles. The zero-order valence-electron chi connectivity index (χ0n) is 46.9. The topological polar surface area (TPSA) is 13.1 Å². The quantitative estimate of drug-likeness (QED) is 0.148. The van der Waals surface area contributed by atoms with E-state index in [1.807, 2.05) is 0 Å². The molecule has 3 heteroatoms. The van der Waals surface area contributed by atoms with Gasteiger partial charge < -0.3 is 14.0 Å². The second kappa shape index (κ2) is 18.9. The minimum atomic E-state index is -0.521. The van der Waals surface area contributed by atoms with E-state index in [2.05, 4.69) is 336 Å². The lowest BCUT2D eigenvalue weighted by Crippen LogP contribution is -2.33. The van der Waals surface area contributed by atoms with Crippen LogP contribution < -0.4 is 4.90 Å². The van der Waals surface area contributed by atoms with E-state index >= 15 is 0 Å². The zero-order valence-corrected chi connectivity index (χ0v) is 46.9. The minimum Gasteiger partial charge on any atom is -0.310 e. The third-order valence-electron chi connectivity index (χ3n) is 18.7. The fraction of sp³-hybridized carbons (Fsp3) is 0.0120. The summed E-state index contributed by atoms with van der Waals surface area (Å²) in [7, 11) is 0. The van der Waals surface area contributed by atoms with Gasteiger partial charge in [-0.2, -0.15) is 0 Å². The molecule has 0 amide bonds. The average Bonchev–Trinajstić information content (AvgIpc) is 1.49. The van der Waals surface area contributed by atoms with Crippen LogP contribution in [0.5, 0.6) is 0 Å². The maximum atomic E-state index is 2.52. The Bertz CT molecular complexity index is 5420. The predicted octanol–water partition coefficient (Wildman–Crippen LogP) is 21.8. The molecule has 3 nitrogen and oxygen atoms in total. The molecule has 0 N–H and O–H groups in total. The summed E-state index contributed by atoms with van der Waals surface area (Å²) in [5.74, 6) is 0. The normalized spacial score (nSPS) is 13.9. The van der Waals surface area contributed by atoms with Gasteiger partial charge in [0.2, 0.25) is 0 Å². The van der Waals surface area contributed by atoms with Gasteiger partial charge in [-0.1, -0.05) is 231 Å². The first-order valence-electron chi connectivity index (χ1n) is 29.8. The molecule has 1 aliphatic carbocycles. The number of para-hydroxylation sites is 6. The van der Waals surface area contributed by atoms with E-state index in [4.69, 9.17) is 0 Å². The van der Waals surface area contributed by atoms with Crippen LogP contribution >= 0.6 is 0 Å². The molecule has 0 radical (unpaired) electrons. The number of hydrogen-bond acceptors (Lipinski definition) is 1. The summed E-state index contributed by atoms with van der Waals surface area (Å²) < 4.78 is 4.90. The number of benzene rings is 14. The molecule has 1 atom stereocenters. The Morgan fingerprint density at radius 3 is 1.63 bits per heavy atom. The number of nitrogens with zero attached hydrogens (tertiary/aromatic N) is 3. The summed E-state index contributed by atoms with van der Waals surface area (Å²) in [5, 5.41) is 7.41. The van der Waals surface area contributed by atoms with Crippen LogP contribution in [-0.2, 0) is 5.41 Å². The van der Waals surface area contributed by atoms with Crippen molar-refractivity contribution in [3.8, 4) is 67.0 Å². The highest BCUT2D eigenvalue weighted by molar-refractivity contribution is 6.13. The molecule has 0 saturated heterocycles. The van der Waals surface area contributed by atoms with Gasteiger partial charge in [-0.15, -0.1) is 0 Å². The second-order valence-electron chi connectivity index (χ2n) is 23.1. The summed E-state index contributed by atoms with van der Waals surface area (Å²) in [4.78, 5) is 2.44. The van der Waals surface area contributed by atoms with Gasteiger partial charge in [0.15, 0.2) is 0 Å². The van der Waals surface area contributed by atoms with E-state index in [9.17, 15) is 0 Å². The molecule has 1 spiro atoms. The summed E-state index contributed by atoms with van der Waals surface area (Å²) in [5.41, 5.74) is 27.4. The van der Waals surface area contributed by atoms with Crippen molar-refractivity contribution in [3.63, 3.8) is 0 Å². The summed E-state index contributed by atoms with van der Waals surface area (Å²) in [6, 6.07) is 119. The molecule has 14 aromatic carbocycles. The Labute approximate surface area is 498 Å². The molecular formula is C83H53N3. The molecule has 400 valence electrons. The van der Waals surface area contributed by atoms with E-state index in [0.29, 0.717) is 0 Å². The zero-order chi connectivity index (χ0) is 56.5. The highest BCUT2D eigenvalue weighted by atomic mass is 15.1. The van der Waals surface area contributed by atoms with Crippen LogP contribution in [-0.4, -0.2) is 9.13 Å². The van der Waals surface area contributed by atoms with Crippen LogP contribution in [0.1, 0.15) is 22.3 Å². The molecule has 0 fully saturated rings. The fourth-order valence-electron chi connectivity index (χ4n) is 14.9. The van der Waals surface area contributed by atoms with Crippen molar-refractivity contribution in [1.82, 2.24) is 9.13 Å². The molecule has 16 aromatic rings. The van der Waals surface area contributed by atoms with Crippen molar-refractivity contribution in [2.75, 3.05) is 4.90 Å². The molecular weight excluding hydrogens is 1040 g/mol. The molecule has 86 heavy (non-hydrogen) atoms. The third kappa shape index (κ3) is 7.09. The smallest absolute Gasteiger partial charge is 0.0754 e. The highest BCUT2D eigenvalue weighted by Gasteiger charge is 2.51. The van der Waals surface area contributed by atoms with E-state index in [0.717, 1.165) is 39.4 Å². The number of hydrogen-bond donors (Lipinski definition) is 0. The Morgan fingerprint density at radius 1 is 0.256 bits per heavy atom. The largest absolute Gasteiger partial charge is 0.310 e. The van der Waals surface area contributed by atoms with Crippen LogP contribution in [0.4, 0.5) is 17.1 Å². The monoisotopic (exact) mass is 1090 g/mol. The van der Waals surface area contributed by atoms with Crippen LogP contribution in [0.15, 0.2) is 322 Å². The van der Waals surface area contributed by atoms with Crippen LogP contribution in [0.2, 0.25) is 0 Å². The first kappa shape index (κ1) is 48.3. The van der Waals surface area contributed by atoms with Crippen LogP contribution in [0.3, 0.4) is 0 Å². The predicted molar refractivity (Wildman–Crippen MR) is 360 cm³/mol. The molecule has 0 saturated carbocycles. The van der Waals surface area contributed by atoms with Crippen molar-refractivity contribution in [2.45, 2.75) is 5.41 Å². The van der Waals surface area contributed by atoms with Gasteiger partial charge in [0.1, 0.15) is 0 Å². The maximum absolute atomic E-state index is 2.52. The van der Waals surface area contributed by atoms with Crippen LogP contribution in [0, 0.1) is 0 Å². The van der Waals surface area contributed by atoms with Crippen molar-refractivity contribution in [3.05, 3.63) is 344 Å². The first-order valence-corrected chi connectivity index (χ1v) is 29.8. The Balaban J connectivity index is 0.763. The van der Waals surface area contributed by atoms with E-state index < -0.39 is 5.41 Å². The lowest BCUT2D eigenvalue weighted by molar-refractivity contribution is 0.749. The van der Waals surface area contributed by atoms with Gasteiger partial charge in [0, 0.05) is 44.2 Å². The van der Waals surface area contributed by atoms with Gasteiger partial charge in [-0.25, -0.2) is 0 Å². The maximum Gasteiger partial charge on any atom is 0.0754 e. The second-order valence-corrected chi connectivity index (χ2v) is 23.1. The first-order chi connectivity index (χ1) is 42.7. The van der Waals surface area contributed by atoms with Crippen molar-refractivity contribution >= 4 is 71.4 Å². The van der Waals surface area contributed by atoms with Gasteiger partial charge in [-0.3, -0.25) is 0 Å². The van der Waals surface area contributed by atoms with Gasteiger partial charge >= 0.3 is 0 Å². The van der Waals surface area contributed by atoms with E-state index in [-0.39, 0.29) is 0 Å². The van der Waals surface area contributed by atoms with Gasteiger partial charge in [0.05, 0.1) is 38.9 Å². The minimum absolute atomic E-state index is 0.521. The number of anilines is 3. The summed E-state index contributed by atoms with van der Waals surface area (Å²) >= 11 is 0. The Morgan fingerprint density at radius 2 is 0.779 bits per heavy atom. The van der Waals surface area contributed by atoms with E-state index in [1.165, 1.54) is 121 Å². The van der Waals surface area contributed by atoms with Crippen molar-refractivity contribution in [1.29, 1.82) is 0 Å². The molecule has 2 aromatic heterocycles. The third-order valence-corrected chi connectivity index (χ3v) is 18.7. The fourth-order valence-corrected chi connectivity index (χ4v) is 14.9. The number of rotatable bonds is 8. The van der Waals surface area contributed by atoms with Gasteiger partial charge in [0.25, 0.3) is 0 Å². The summed E-state index contributed by atoms with van der Waals surface area (Å²) in [6.45, 7) is 0. The van der Waals surface area contributed by atoms with E-state index in [1.54, 1.807) is 0 Å². The number of fused-ring (bicyclic) bond motifs is 16. The van der Waals surface area contributed by atoms with Gasteiger partial charge in [-0.05, 0) is 174 Å². The lowest BCUT2D eigenvalue weighted by atomic mass is 9.65. The average molecular weight is 1090 g/mol. The SMILES string of the molecule is c1ccc(-c2cccc(-c3ccccc3N(c3ccc(-c4ccc5c(c4)c4ccccc4n5-c4ccccc4)cc3)c3ccc4cc(-c5ccc6c(c5)C5(c7ccccc7-6)c6ccccc6-n6c7ccccc7c7cccc5c76)ccc4c3)c2)cc1. The lowest BCUT2D eigenvalue weighted by Gasteiger charge is -2.39. The standard InChI is InChI=1S/C83H53N3/c1-3-19-54(20-4-1)56-21-17-22-62(50-56)66-25-8-13-33-77(66)84(64-44-39-55(40-45-64)60-43-48-80-72(52-60)70-28-10-14-34-78(70)85(80)63-23-5-2-6-24-63)65-46-41-58-49-57(37-38-59(58)51-65)61-42-47-68-67-26-7-11-30-73(67)83(76(68)53-61)74-31-12-16-36-81(74)86-79-35-15-9-27-69(79)71-29-18-32-75(83)82(71)86/h1-53H. The Hall–Kier alpha value is -11.3. The molecule has 3 heterocycles. The highest BCUT2D eigenvalue weighted by Crippen LogP contribution is 2.61. The molecule has 18 rings (SSSR count). The van der Waals surface area contributed by atoms with Crippen LogP contribution in [0.25, 0.3) is 121 Å². The Kier molecular flexibility index (Phi) is 10.6. The number of aromatic nitrogens is 2. The molecule has 0 bridgehead atoms. The molecule has 1 unspecified atom stereocenters. The van der Waals surface area contributed by atoms with Crippen molar-refractivity contribution in [2.24, 2.45) is 0 Å². The summed E-state index contributed by atoms with van der Waals surface area (Å²) in [6.07, 6.45) is 0. The van der Waals surface area contributed by atoms with Crippen molar-refractivity contribution < 1.29 is 0 Å².